The lowest BCUT2D eigenvalue weighted by Crippen LogP contribution is -2.62. The maximum absolute atomic E-state index is 13.0. The molecular weight excluding hydrogens is 564 g/mol. The first-order valence-corrected chi connectivity index (χ1v) is 14.5. The number of benzene rings is 2. The van der Waals surface area contributed by atoms with E-state index >= 15 is 0 Å². The molecule has 2 aliphatic rings. The highest BCUT2D eigenvalue weighted by Gasteiger charge is 2.48. The summed E-state index contributed by atoms with van der Waals surface area (Å²) in [6.07, 6.45) is -14.0. The van der Waals surface area contributed by atoms with Crippen LogP contribution in [-0.4, -0.2) is 122 Å². The quantitative estimate of drug-likeness (QED) is 0.142. The monoisotopic (exact) mass is 606 g/mol. The molecule has 12 heteroatoms. The van der Waals surface area contributed by atoms with Crippen molar-refractivity contribution in [3.63, 3.8) is 0 Å². The Balaban J connectivity index is 1.40. The number of hydrogen-bond donors (Lipinski definition) is 7. The van der Waals surface area contributed by atoms with Crippen molar-refractivity contribution in [3.8, 4) is 0 Å². The van der Waals surface area contributed by atoms with E-state index in [1.54, 1.807) is 0 Å². The minimum Gasteiger partial charge on any atom is -0.394 e. The molecule has 2 saturated heterocycles. The maximum Gasteiger partial charge on any atom is 0.186 e. The minimum atomic E-state index is -1.69. The summed E-state index contributed by atoms with van der Waals surface area (Å²) in [5.74, 6) is -0.0460. The summed E-state index contributed by atoms with van der Waals surface area (Å²) in [5.41, 5.74) is 2.06. The van der Waals surface area contributed by atoms with Gasteiger partial charge < -0.3 is 54.7 Å². The minimum absolute atomic E-state index is 0.0386. The Hall–Kier alpha value is -2.33. The number of Topliss-reactive ketones (excluding diaryl/α,β-unsaturated/α-hetero) is 1. The lowest BCUT2D eigenvalue weighted by Gasteiger charge is -2.43. The van der Waals surface area contributed by atoms with Gasteiger partial charge >= 0.3 is 0 Å². The first-order chi connectivity index (χ1) is 20.7. The van der Waals surface area contributed by atoms with Crippen LogP contribution in [0.25, 0.3) is 0 Å². The van der Waals surface area contributed by atoms with Gasteiger partial charge in [0.15, 0.2) is 12.6 Å². The van der Waals surface area contributed by atoms with Crippen molar-refractivity contribution in [2.75, 3.05) is 13.2 Å². The number of hydrogen-bond acceptors (Lipinski definition) is 12. The van der Waals surface area contributed by atoms with Crippen molar-refractivity contribution >= 4 is 5.78 Å². The largest absolute Gasteiger partial charge is 0.394 e. The number of ether oxygens (including phenoxy) is 4. The molecule has 2 aromatic carbocycles. The fraction of sp³-hybridized carbons (Fsp3) is 0.581. The third-order valence-electron chi connectivity index (χ3n) is 7.86. The summed E-state index contributed by atoms with van der Waals surface area (Å²) in [6, 6.07) is 19.2. The lowest BCUT2D eigenvalue weighted by atomic mass is 9.97. The third kappa shape index (κ3) is 9.10. The number of rotatable bonds is 14. The smallest absolute Gasteiger partial charge is 0.186 e. The van der Waals surface area contributed by atoms with Crippen LogP contribution in [-0.2, 0) is 36.6 Å². The number of carbonyl (C=O) groups is 1. The molecule has 0 aromatic heterocycles. The second kappa shape index (κ2) is 16.1. The number of aliphatic hydroxyl groups excluding tert-OH is 7. The van der Waals surface area contributed by atoms with E-state index in [1.165, 1.54) is 0 Å². The van der Waals surface area contributed by atoms with Gasteiger partial charge in [0, 0.05) is 12.8 Å². The molecule has 0 spiro atoms. The summed E-state index contributed by atoms with van der Waals surface area (Å²) in [7, 11) is 0. The molecule has 2 aromatic rings. The van der Waals surface area contributed by atoms with Crippen LogP contribution >= 0.6 is 0 Å². The molecule has 4 rings (SSSR count). The zero-order valence-corrected chi connectivity index (χ0v) is 23.7. The standard InChI is InChI=1S/C31H42O12/c32-16-22-24(34)26(36)28(38)30(42-22)40-17-23-25(35)27(37)29(39)31(43-23)41-21(14-12-19-9-5-2-6-10-19)15-20(33)13-11-18-7-3-1-4-8-18/h1-10,21-32,34-39H,11-17H2. The molecule has 0 amide bonds. The van der Waals surface area contributed by atoms with Crippen molar-refractivity contribution < 1.29 is 59.5 Å². The van der Waals surface area contributed by atoms with Gasteiger partial charge in [-0.05, 0) is 30.4 Å². The molecule has 43 heavy (non-hydrogen) atoms. The fourth-order valence-corrected chi connectivity index (χ4v) is 5.23. The summed E-state index contributed by atoms with van der Waals surface area (Å²) in [4.78, 5) is 13.0. The Morgan fingerprint density at radius 3 is 1.84 bits per heavy atom. The van der Waals surface area contributed by atoms with Gasteiger partial charge in [-0.1, -0.05) is 60.7 Å². The van der Waals surface area contributed by atoms with Gasteiger partial charge in [-0.15, -0.1) is 0 Å². The van der Waals surface area contributed by atoms with Crippen molar-refractivity contribution in [2.24, 2.45) is 0 Å². The second-order valence-electron chi connectivity index (χ2n) is 11.1. The molecule has 7 N–H and O–H groups in total. The van der Waals surface area contributed by atoms with Crippen LogP contribution in [0.2, 0.25) is 0 Å². The molecule has 2 fully saturated rings. The van der Waals surface area contributed by atoms with Crippen molar-refractivity contribution in [3.05, 3.63) is 71.8 Å². The number of carbonyl (C=O) groups excluding carboxylic acids is 1. The molecule has 2 aliphatic heterocycles. The van der Waals surface area contributed by atoms with Gasteiger partial charge in [0.05, 0.1) is 19.3 Å². The van der Waals surface area contributed by atoms with Gasteiger partial charge in [0.2, 0.25) is 0 Å². The molecule has 12 nitrogen and oxygen atoms in total. The maximum atomic E-state index is 13.0. The summed E-state index contributed by atoms with van der Waals surface area (Å²) >= 11 is 0. The van der Waals surface area contributed by atoms with E-state index in [1.807, 2.05) is 60.7 Å². The molecule has 0 radical (unpaired) electrons. The van der Waals surface area contributed by atoms with Crippen LogP contribution in [0.3, 0.4) is 0 Å². The predicted molar refractivity (Wildman–Crippen MR) is 150 cm³/mol. The first-order valence-electron chi connectivity index (χ1n) is 14.5. The van der Waals surface area contributed by atoms with Crippen LogP contribution in [0.4, 0.5) is 0 Å². The predicted octanol–water partition coefficient (Wildman–Crippen LogP) is -0.779. The van der Waals surface area contributed by atoms with Gasteiger partial charge in [0.1, 0.15) is 54.6 Å². The van der Waals surface area contributed by atoms with Crippen LogP contribution in [0.15, 0.2) is 60.7 Å². The molecule has 238 valence electrons. The molecular formula is C31H42O12. The molecule has 2 heterocycles. The zero-order valence-electron chi connectivity index (χ0n) is 23.7. The van der Waals surface area contributed by atoms with Crippen molar-refractivity contribution in [1.29, 1.82) is 0 Å². The van der Waals surface area contributed by atoms with E-state index in [9.17, 15) is 40.5 Å². The Kier molecular flexibility index (Phi) is 12.6. The Morgan fingerprint density at radius 1 is 0.698 bits per heavy atom. The Bertz CT molecular complexity index is 1100. The van der Waals surface area contributed by atoms with Crippen LogP contribution < -0.4 is 0 Å². The van der Waals surface area contributed by atoms with E-state index < -0.39 is 80.7 Å². The third-order valence-corrected chi connectivity index (χ3v) is 7.86. The zero-order chi connectivity index (χ0) is 30.9. The second-order valence-corrected chi connectivity index (χ2v) is 11.1. The number of aryl methyl sites for hydroxylation is 2. The molecule has 0 saturated carbocycles. The number of ketones is 1. The Labute approximate surface area is 250 Å². The van der Waals surface area contributed by atoms with Crippen LogP contribution in [0, 0.1) is 0 Å². The van der Waals surface area contributed by atoms with Crippen molar-refractivity contribution in [1.82, 2.24) is 0 Å². The average molecular weight is 607 g/mol. The molecule has 0 aliphatic carbocycles. The van der Waals surface area contributed by atoms with E-state index in [0.717, 1.165) is 11.1 Å². The highest BCUT2D eigenvalue weighted by molar-refractivity contribution is 5.79. The van der Waals surface area contributed by atoms with E-state index in [4.69, 9.17) is 18.9 Å². The molecule has 0 bridgehead atoms. The first kappa shape index (κ1) is 33.6. The Morgan fingerprint density at radius 2 is 1.23 bits per heavy atom. The van der Waals surface area contributed by atoms with Gasteiger partial charge in [0.25, 0.3) is 0 Å². The SMILES string of the molecule is O=C(CCc1ccccc1)CC(CCc1ccccc1)OC1OC(COC2OC(CO)C(O)C(O)C2O)C(O)C(O)C1O. The van der Waals surface area contributed by atoms with Gasteiger partial charge in [-0.3, -0.25) is 4.79 Å². The fourth-order valence-electron chi connectivity index (χ4n) is 5.23. The van der Waals surface area contributed by atoms with Gasteiger partial charge in [-0.25, -0.2) is 0 Å². The molecule has 11 atom stereocenters. The topological polar surface area (TPSA) is 196 Å². The van der Waals surface area contributed by atoms with E-state index in [0.29, 0.717) is 25.7 Å². The normalized spacial score (nSPS) is 33.7. The number of aliphatic hydroxyl groups is 7. The summed E-state index contributed by atoms with van der Waals surface area (Å²) in [5, 5.41) is 71.5. The van der Waals surface area contributed by atoms with E-state index in [2.05, 4.69) is 0 Å². The van der Waals surface area contributed by atoms with E-state index in [-0.39, 0.29) is 12.2 Å². The lowest BCUT2D eigenvalue weighted by molar-refractivity contribution is -0.335. The molecule has 11 unspecified atom stereocenters. The van der Waals surface area contributed by atoms with Crippen LogP contribution in [0.1, 0.15) is 30.4 Å². The van der Waals surface area contributed by atoms with Gasteiger partial charge in [-0.2, -0.15) is 0 Å². The summed E-state index contributed by atoms with van der Waals surface area (Å²) < 4.78 is 22.7. The highest BCUT2D eigenvalue weighted by Crippen LogP contribution is 2.28. The van der Waals surface area contributed by atoms with Crippen molar-refractivity contribution in [2.45, 2.75) is 99.6 Å². The average Bonchev–Trinajstić information content (AvgIpc) is 3.03. The highest BCUT2D eigenvalue weighted by atomic mass is 16.7. The summed E-state index contributed by atoms with van der Waals surface area (Å²) in [6.45, 7) is -1.12. The van der Waals surface area contributed by atoms with Crippen LogP contribution in [0.5, 0.6) is 0 Å².